The number of rotatable bonds is 4. The fraction of sp³-hybridized carbons (Fsp3) is 0.250. The Hall–Kier alpha value is -4.12. The predicted molar refractivity (Wildman–Crippen MR) is 152 cm³/mol. The van der Waals surface area contributed by atoms with Gasteiger partial charge in [0.05, 0.1) is 18.1 Å². The van der Waals surface area contributed by atoms with Crippen molar-refractivity contribution in [2.24, 2.45) is 0 Å². The maximum absolute atomic E-state index is 6.30. The summed E-state index contributed by atoms with van der Waals surface area (Å²) in [5.74, 6) is 0. The van der Waals surface area contributed by atoms with Gasteiger partial charge in [0.25, 0.3) is 0 Å². The highest BCUT2D eigenvalue weighted by Crippen LogP contribution is 2.38. The average molecular weight is 489 g/mol. The molecule has 0 atom stereocenters. The maximum Gasteiger partial charge on any atom is 0.227 e. The van der Waals surface area contributed by atoms with Gasteiger partial charge in [0.15, 0.2) is 0 Å². The van der Waals surface area contributed by atoms with E-state index >= 15 is 0 Å². The molecule has 3 aromatic heterocycles. The van der Waals surface area contributed by atoms with Crippen LogP contribution in [0.1, 0.15) is 41.9 Å². The molecule has 0 unspecified atom stereocenters. The van der Waals surface area contributed by atoms with E-state index in [0.717, 1.165) is 45.7 Å². The smallest absolute Gasteiger partial charge is 0.227 e. The van der Waals surface area contributed by atoms with Crippen molar-refractivity contribution >= 4 is 27.8 Å². The molecule has 5 aromatic rings. The molecule has 186 valence electrons. The molecule has 37 heavy (non-hydrogen) atoms. The molecule has 0 N–H and O–H groups in total. The molecule has 6 rings (SSSR count). The van der Waals surface area contributed by atoms with E-state index in [4.69, 9.17) is 9.40 Å². The van der Waals surface area contributed by atoms with Crippen LogP contribution in [-0.2, 0) is 5.41 Å². The Balaban J connectivity index is 1.47. The molecular weight excluding hydrogens is 456 g/mol. The molecule has 0 fully saturated rings. The fourth-order valence-electron chi connectivity index (χ4n) is 5.23. The normalized spacial score (nSPS) is 13.9. The van der Waals surface area contributed by atoms with Crippen molar-refractivity contribution in [1.82, 2.24) is 14.9 Å². The van der Waals surface area contributed by atoms with Gasteiger partial charge in [-0.25, -0.2) is 4.98 Å². The van der Waals surface area contributed by atoms with Crippen LogP contribution < -0.4 is 4.90 Å². The van der Waals surface area contributed by atoms with Crippen LogP contribution in [0.2, 0.25) is 0 Å². The first-order valence-corrected chi connectivity index (χ1v) is 12.7. The first kappa shape index (κ1) is 23.3. The Morgan fingerprint density at radius 3 is 2.43 bits per heavy atom. The fourth-order valence-corrected chi connectivity index (χ4v) is 5.23. The highest BCUT2D eigenvalue weighted by atomic mass is 16.3. The number of anilines is 1. The van der Waals surface area contributed by atoms with Gasteiger partial charge in [-0.2, -0.15) is 0 Å². The average Bonchev–Trinajstić information content (AvgIpc) is 3.46. The lowest BCUT2D eigenvalue weighted by Crippen LogP contribution is -2.24. The monoisotopic (exact) mass is 488 g/mol. The molecule has 5 nitrogen and oxygen atoms in total. The Morgan fingerprint density at radius 1 is 0.838 bits per heavy atom. The summed E-state index contributed by atoms with van der Waals surface area (Å²) in [7, 11) is 2.09. The van der Waals surface area contributed by atoms with Crippen LogP contribution in [0.3, 0.4) is 0 Å². The van der Waals surface area contributed by atoms with Crippen molar-refractivity contribution in [1.29, 1.82) is 0 Å². The second-order valence-corrected chi connectivity index (χ2v) is 10.9. The van der Waals surface area contributed by atoms with Crippen LogP contribution in [0.4, 0.5) is 5.69 Å². The van der Waals surface area contributed by atoms with Crippen molar-refractivity contribution in [2.75, 3.05) is 18.6 Å². The van der Waals surface area contributed by atoms with E-state index in [1.54, 1.807) is 0 Å². The standard InChI is InChI=1S/C32H32N4O/c1-20-14-23(18-24(15-20)36-13-12-35(6)19-36)32(4,5)29-17-21(2)16-28(34-29)27-9-7-8-25-26-11-10-22(3)33-31(26)37-30(25)27/h7-18H,19H2,1-6H3. The maximum atomic E-state index is 6.30. The number of benzene rings is 2. The molecule has 0 aliphatic carbocycles. The largest absolute Gasteiger partial charge is 0.437 e. The number of fused-ring (bicyclic) bond motifs is 3. The van der Waals surface area contributed by atoms with Gasteiger partial charge >= 0.3 is 0 Å². The van der Waals surface area contributed by atoms with Crippen molar-refractivity contribution in [3.05, 3.63) is 101 Å². The Bertz CT molecular complexity index is 1690. The van der Waals surface area contributed by atoms with Crippen molar-refractivity contribution in [2.45, 2.75) is 40.0 Å². The molecule has 4 heterocycles. The first-order valence-electron chi connectivity index (χ1n) is 12.7. The van der Waals surface area contributed by atoms with E-state index in [2.05, 4.69) is 117 Å². The van der Waals surface area contributed by atoms with Crippen LogP contribution in [0.5, 0.6) is 0 Å². The molecule has 0 saturated carbocycles. The summed E-state index contributed by atoms with van der Waals surface area (Å²) in [5, 5.41) is 2.10. The minimum absolute atomic E-state index is 0.294. The molecule has 5 heteroatoms. The number of hydrogen-bond donors (Lipinski definition) is 0. The Morgan fingerprint density at radius 2 is 1.65 bits per heavy atom. The van der Waals surface area contributed by atoms with Gasteiger partial charge < -0.3 is 14.2 Å². The van der Waals surface area contributed by atoms with Gasteiger partial charge in [-0.1, -0.05) is 32.0 Å². The molecule has 0 saturated heterocycles. The van der Waals surface area contributed by atoms with E-state index < -0.39 is 0 Å². The van der Waals surface area contributed by atoms with Crippen LogP contribution in [0.25, 0.3) is 33.3 Å². The summed E-state index contributed by atoms with van der Waals surface area (Å²) in [5.41, 5.74) is 9.96. The third kappa shape index (κ3) is 4.05. The molecule has 0 spiro atoms. The summed E-state index contributed by atoms with van der Waals surface area (Å²) in [6.07, 6.45) is 4.25. The van der Waals surface area contributed by atoms with E-state index in [1.165, 1.54) is 22.4 Å². The third-order valence-electron chi connectivity index (χ3n) is 7.38. The summed E-state index contributed by atoms with van der Waals surface area (Å²) in [4.78, 5) is 14.3. The SMILES string of the molecule is Cc1cc(N2C=CN(C)C2)cc(C(C)(C)c2cc(C)cc(-c3cccc4c3oc3nc(C)ccc34)n2)c1. The minimum Gasteiger partial charge on any atom is -0.437 e. The predicted octanol–water partition coefficient (Wildman–Crippen LogP) is 7.47. The van der Waals surface area contributed by atoms with Gasteiger partial charge in [-0.15, -0.1) is 0 Å². The molecule has 1 aliphatic heterocycles. The number of aromatic nitrogens is 2. The van der Waals surface area contributed by atoms with E-state index in [1.807, 2.05) is 13.0 Å². The molecule has 0 amide bonds. The molecular formula is C32H32N4O. The number of aryl methyl sites for hydroxylation is 3. The highest BCUT2D eigenvalue weighted by molar-refractivity contribution is 6.08. The lowest BCUT2D eigenvalue weighted by molar-refractivity contribution is 0.495. The van der Waals surface area contributed by atoms with Gasteiger partial charge in [0.1, 0.15) is 5.58 Å². The second-order valence-electron chi connectivity index (χ2n) is 10.9. The van der Waals surface area contributed by atoms with Crippen molar-refractivity contribution < 1.29 is 4.42 Å². The summed E-state index contributed by atoms with van der Waals surface area (Å²) in [6, 6.07) is 21.6. The van der Waals surface area contributed by atoms with Crippen LogP contribution in [-0.4, -0.2) is 28.6 Å². The number of para-hydroxylation sites is 1. The molecule has 1 aliphatic rings. The van der Waals surface area contributed by atoms with Crippen LogP contribution in [0, 0.1) is 20.8 Å². The third-order valence-corrected chi connectivity index (χ3v) is 7.38. The highest BCUT2D eigenvalue weighted by Gasteiger charge is 2.28. The van der Waals surface area contributed by atoms with Gasteiger partial charge in [-0.3, -0.25) is 4.98 Å². The van der Waals surface area contributed by atoms with E-state index in [9.17, 15) is 0 Å². The van der Waals surface area contributed by atoms with Crippen LogP contribution >= 0.6 is 0 Å². The van der Waals surface area contributed by atoms with E-state index in [0.29, 0.717) is 5.71 Å². The lowest BCUT2D eigenvalue weighted by Gasteiger charge is -2.28. The van der Waals surface area contributed by atoms with Gasteiger partial charge in [0, 0.05) is 52.6 Å². The molecule has 2 aromatic carbocycles. The molecule has 0 bridgehead atoms. The van der Waals surface area contributed by atoms with Gasteiger partial charge in [-0.05, 0) is 79.9 Å². The minimum atomic E-state index is -0.294. The second kappa shape index (κ2) is 8.48. The van der Waals surface area contributed by atoms with E-state index in [-0.39, 0.29) is 5.41 Å². The number of pyridine rings is 2. The van der Waals surface area contributed by atoms with Crippen molar-refractivity contribution in [3.63, 3.8) is 0 Å². The lowest BCUT2D eigenvalue weighted by atomic mass is 9.79. The Labute approximate surface area is 218 Å². The summed E-state index contributed by atoms with van der Waals surface area (Å²) >= 11 is 0. The number of hydrogen-bond acceptors (Lipinski definition) is 5. The number of furan rings is 1. The summed E-state index contributed by atoms with van der Waals surface area (Å²) in [6.45, 7) is 11.7. The zero-order chi connectivity index (χ0) is 25.9. The first-order chi connectivity index (χ1) is 17.7. The quantitative estimate of drug-likeness (QED) is 0.262. The van der Waals surface area contributed by atoms with Crippen molar-refractivity contribution in [3.8, 4) is 11.3 Å². The van der Waals surface area contributed by atoms with Crippen LogP contribution in [0.15, 0.2) is 77.5 Å². The molecule has 0 radical (unpaired) electrons. The zero-order valence-electron chi connectivity index (χ0n) is 22.3. The summed E-state index contributed by atoms with van der Waals surface area (Å²) < 4.78 is 6.30. The Kier molecular flexibility index (Phi) is 5.34. The number of nitrogens with zero attached hydrogens (tertiary/aromatic N) is 4. The van der Waals surface area contributed by atoms with Gasteiger partial charge in [0.2, 0.25) is 5.71 Å². The zero-order valence-corrected chi connectivity index (χ0v) is 22.3. The topological polar surface area (TPSA) is 45.4 Å².